The summed E-state index contributed by atoms with van der Waals surface area (Å²) in [4.78, 5) is 8.59. The molecule has 11 heteroatoms. The lowest BCUT2D eigenvalue weighted by Crippen LogP contribution is -2.21. The summed E-state index contributed by atoms with van der Waals surface area (Å²) in [6.45, 7) is 1.50. The van der Waals surface area contributed by atoms with Gasteiger partial charge in [0.1, 0.15) is 17.4 Å². The van der Waals surface area contributed by atoms with Crippen molar-refractivity contribution < 1.29 is 27.4 Å². The van der Waals surface area contributed by atoms with Gasteiger partial charge in [-0.1, -0.05) is 23.7 Å². The molecule has 1 aromatic heterocycles. The molecule has 164 valence electrons. The van der Waals surface area contributed by atoms with Gasteiger partial charge < -0.3 is 20.5 Å². The van der Waals surface area contributed by atoms with E-state index in [-0.39, 0.29) is 35.1 Å². The maximum absolute atomic E-state index is 13.4. The van der Waals surface area contributed by atoms with E-state index in [0.29, 0.717) is 11.3 Å². The molecule has 0 aliphatic heterocycles. The lowest BCUT2D eigenvalue weighted by atomic mass is 10.1. The average molecular weight is 457 g/mol. The molecular weight excluding hydrogens is 440 g/mol. The molecule has 0 aliphatic carbocycles. The van der Waals surface area contributed by atoms with Gasteiger partial charge in [0, 0.05) is 23.4 Å². The van der Waals surface area contributed by atoms with Gasteiger partial charge in [0.2, 0.25) is 5.95 Å². The Bertz CT molecular complexity index is 1070. The number of halogens is 5. The molecule has 0 amide bonds. The Morgan fingerprint density at radius 2 is 1.90 bits per heavy atom. The Kier molecular flexibility index (Phi) is 6.81. The Balaban J connectivity index is 1.99. The molecule has 31 heavy (non-hydrogen) atoms. The van der Waals surface area contributed by atoms with Crippen LogP contribution in [0.15, 0.2) is 48.5 Å². The summed E-state index contributed by atoms with van der Waals surface area (Å²) in [7, 11) is 0. The number of hydrogen-bond acceptors (Lipinski definition) is 6. The molecule has 0 bridgehead atoms. The molecule has 3 aromatic rings. The second-order valence-electron chi connectivity index (χ2n) is 6.52. The van der Waals surface area contributed by atoms with Crippen molar-refractivity contribution in [3.8, 4) is 17.0 Å². The molecule has 0 fully saturated rings. The standard InChI is InChI=1S/C20H17ClF4N4O2/c1-11(10-30)26-19-28-17(12-3-2-4-14(7-12)31-20(23,24)25)9-18(29-19)27-13-5-6-16(22)15(21)8-13/h2-9,11,30H,10H2,1H3,(H2,26,27,28,29)/t11-/m1/s1. The van der Waals surface area contributed by atoms with Crippen LogP contribution in [-0.4, -0.2) is 34.1 Å². The summed E-state index contributed by atoms with van der Waals surface area (Å²) < 4.78 is 55.1. The SMILES string of the molecule is C[C@H](CO)Nc1nc(Nc2ccc(F)c(Cl)c2)cc(-c2cccc(OC(F)(F)F)c2)n1. The Morgan fingerprint density at radius 3 is 2.58 bits per heavy atom. The largest absolute Gasteiger partial charge is 0.573 e. The number of benzene rings is 2. The van der Waals surface area contributed by atoms with E-state index < -0.39 is 17.9 Å². The predicted molar refractivity (Wildman–Crippen MR) is 109 cm³/mol. The van der Waals surface area contributed by atoms with E-state index in [1.807, 2.05) is 0 Å². The van der Waals surface area contributed by atoms with Crippen molar-refractivity contribution in [2.24, 2.45) is 0 Å². The summed E-state index contributed by atoms with van der Waals surface area (Å²) in [5.74, 6) is -0.600. The maximum Gasteiger partial charge on any atom is 0.573 e. The van der Waals surface area contributed by atoms with Gasteiger partial charge in [0.05, 0.1) is 17.3 Å². The van der Waals surface area contributed by atoms with E-state index >= 15 is 0 Å². The van der Waals surface area contributed by atoms with Gasteiger partial charge in [-0.2, -0.15) is 4.98 Å². The van der Waals surface area contributed by atoms with Gasteiger partial charge in [-0.05, 0) is 37.3 Å². The summed E-state index contributed by atoms with van der Waals surface area (Å²) in [6.07, 6.45) is -4.83. The molecule has 3 N–H and O–H groups in total. The number of nitrogens with one attached hydrogen (secondary N) is 2. The Hall–Kier alpha value is -3.11. The third-order valence-corrected chi connectivity index (χ3v) is 4.22. The fraction of sp³-hybridized carbons (Fsp3) is 0.200. The maximum atomic E-state index is 13.4. The predicted octanol–water partition coefficient (Wildman–Crippen LogP) is 5.37. The number of alkyl halides is 3. The first-order valence-electron chi connectivity index (χ1n) is 8.97. The monoisotopic (exact) mass is 456 g/mol. The number of nitrogens with zero attached hydrogens (tertiary/aromatic N) is 2. The lowest BCUT2D eigenvalue weighted by Gasteiger charge is -2.15. The van der Waals surface area contributed by atoms with Gasteiger partial charge in [-0.3, -0.25) is 0 Å². The first-order valence-corrected chi connectivity index (χ1v) is 9.35. The zero-order valence-corrected chi connectivity index (χ0v) is 16.8. The van der Waals surface area contributed by atoms with E-state index in [1.165, 1.54) is 42.5 Å². The van der Waals surface area contributed by atoms with Gasteiger partial charge in [-0.25, -0.2) is 9.37 Å². The van der Waals surface area contributed by atoms with Crippen LogP contribution >= 0.6 is 11.6 Å². The third kappa shape index (κ3) is 6.43. The zero-order chi connectivity index (χ0) is 22.6. The summed E-state index contributed by atoms with van der Waals surface area (Å²) in [6, 6.07) is 10.4. The van der Waals surface area contributed by atoms with Crippen LogP contribution in [0, 0.1) is 5.82 Å². The van der Waals surface area contributed by atoms with Crippen LogP contribution in [0.2, 0.25) is 5.02 Å². The molecular formula is C20H17ClF4N4O2. The van der Waals surface area contributed by atoms with Crippen LogP contribution in [-0.2, 0) is 0 Å². The minimum Gasteiger partial charge on any atom is -0.406 e. The van der Waals surface area contributed by atoms with Crippen LogP contribution in [0.5, 0.6) is 5.75 Å². The molecule has 0 spiro atoms. The number of aliphatic hydroxyl groups excluding tert-OH is 1. The fourth-order valence-corrected chi connectivity index (χ4v) is 2.74. The highest BCUT2D eigenvalue weighted by atomic mass is 35.5. The van der Waals surface area contributed by atoms with Crippen molar-refractivity contribution in [3.63, 3.8) is 0 Å². The van der Waals surface area contributed by atoms with Crippen LogP contribution in [0.25, 0.3) is 11.3 Å². The van der Waals surface area contributed by atoms with Crippen molar-refractivity contribution in [1.29, 1.82) is 0 Å². The average Bonchev–Trinajstić information content (AvgIpc) is 2.69. The number of ether oxygens (including phenoxy) is 1. The first kappa shape index (κ1) is 22.6. The molecule has 0 saturated heterocycles. The molecule has 0 radical (unpaired) electrons. The van der Waals surface area contributed by atoms with E-state index in [0.717, 1.165) is 0 Å². The van der Waals surface area contributed by atoms with E-state index in [4.69, 9.17) is 11.6 Å². The highest BCUT2D eigenvalue weighted by Gasteiger charge is 2.31. The lowest BCUT2D eigenvalue weighted by molar-refractivity contribution is -0.274. The summed E-state index contributed by atoms with van der Waals surface area (Å²) in [5, 5.41) is 15.0. The number of hydrogen-bond donors (Lipinski definition) is 3. The van der Waals surface area contributed by atoms with Gasteiger partial charge in [0.25, 0.3) is 0 Å². The topological polar surface area (TPSA) is 79.3 Å². The van der Waals surface area contributed by atoms with Crippen LogP contribution in [0.4, 0.5) is 35.0 Å². The second-order valence-corrected chi connectivity index (χ2v) is 6.93. The minimum atomic E-state index is -4.83. The highest BCUT2D eigenvalue weighted by Crippen LogP contribution is 2.30. The normalized spacial score (nSPS) is 12.4. The molecule has 1 heterocycles. The molecule has 2 aromatic carbocycles. The Morgan fingerprint density at radius 1 is 1.13 bits per heavy atom. The summed E-state index contributed by atoms with van der Waals surface area (Å²) >= 11 is 5.80. The van der Waals surface area contributed by atoms with Crippen molar-refractivity contribution in [1.82, 2.24) is 9.97 Å². The van der Waals surface area contributed by atoms with Gasteiger partial charge in [-0.15, -0.1) is 13.2 Å². The van der Waals surface area contributed by atoms with E-state index in [1.54, 1.807) is 13.0 Å². The van der Waals surface area contributed by atoms with Crippen molar-refractivity contribution >= 4 is 29.1 Å². The quantitative estimate of drug-likeness (QED) is 0.415. The highest BCUT2D eigenvalue weighted by molar-refractivity contribution is 6.31. The molecule has 0 aliphatic rings. The van der Waals surface area contributed by atoms with Crippen molar-refractivity contribution in [3.05, 3.63) is 59.4 Å². The molecule has 0 saturated carbocycles. The van der Waals surface area contributed by atoms with Crippen LogP contribution in [0.3, 0.4) is 0 Å². The summed E-state index contributed by atoms with van der Waals surface area (Å²) in [5.41, 5.74) is 1.06. The molecule has 6 nitrogen and oxygen atoms in total. The second kappa shape index (κ2) is 9.36. The van der Waals surface area contributed by atoms with Crippen LogP contribution < -0.4 is 15.4 Å². The van der Waals surface area contributed by atoms with Gasteiger partial charge in [0.15, 0.2) is 0 Å². The van der Waals surface area contributed by atoms with E-state index in [2.05, 4.69) is 25.3 Å². The molecule has 1 atom stereocenters. The molecule has 3 rings (SSSR count). The van der Waals surface area contributed by atoms with Gasteiger partial charge >= 0.3 is 6.36 Å². The van der Waals surface area contributed by atoms with Crippen molar-refractivity contribution in [2.75, 3.05) is 17.2 Å². The smallest absolute Gasteiger partial charge is 0.406 e. The fourth-order valence-electron chi connectivity index (χ4n) is 2.56. The first-order chi connectivity index (χ1) is 14.6. The third-order valence-electron chi connectivity index (χ3n) is 3.93. The number of anilines is 3. The zero-order valence-electron chi connectivity index (χ0n) is 16.0. The Labute approximate surface area is 179 Å². The number of aliphatic hydroxyl groups is 1. The van der Waals surface area contributed by atoms with Crippen molar-refractivity contribution in [2.45, 2.75) is 19.3 Å². The number of aromatic nitrogens is 2. The minimum absolute atomic E-state index is 0.0940. The van der Waals surface area contributed by atoms with Crippen LogP contribution in [0.1, 0.15) is 6.92 Å². The van der Waals surface area contributed by atoms with E-state index in [9.17, 15) is 22.7 Å². The number of rotatable bonds is 7. The molecule has 0 unspecified atom stereocenters.